The van der Waals surface area contributed by atoms with E-state index in [0.29, 0.717) is 35.1 Å². The van der Waals surface area contributed by atoms with E-state index in [9.17, 15) is 14.7 Å². The molecule has 1 saturated heterocycles. The fourth-order valence-corrected chi connectivity index (χ4v) is 3.65. The summed E-state index contributed by atoms with van der Waals surface area (Å²) in [4.78, 5) is 26.7. The van der Waals surface area contributed by atoms with Gasteiger partial charge in [-0.05, 0) is 30.3 Å². The van der Waals surface area contributed by atoms with Crippen molar-refractivity contribution < 1.29 is 24.2 Å². The molecule has 146 valence electrons. The number of hydrogen-bond acceptors (Lipinski definition) is 5. The van der Waals surface area contributed by atoms with Gasteiger partial charge in [0.2, 0.25) is 0 Å². The largest absolute Gasteiger partial charge is 0.493 e. The lowest BCUT2D eigenvalue weighted by Gasteiger charge is -2.33. The summed E-state index contributed by atoms with van der Waals surface area (Å²) < 4.78 is 11.1. The van der Waals surface area contributed by atoms with Crippen molar-refractivity contribution in [2.24, 2.45) is 0 Å². The van der Waals surface area contributed by atoms with E-state index in [1.807, 2.05) is 6.07 Å². The molecule has 2 N–H and O–H groups in total. The quantitative estimate of drug-likeness (QED) is 0.749. The van der Waals surface area contributed by atoms with Crippen LogP contribution in [0.3, 0.4) is 0 Å². The number of carbonyl (C=O) groups is 2. The van der Waals surface area contributed by atoms with Crippen molar-refractivity contribution in [1.29, 1.82) is 0 Å². The zero-order valence-electron chi connectivity index (χ0n) is 14.9. The van der Waals surface area contributed by atoms with E-state index in [1.165, 1.54) is 0 Å². The molecule has 2 aromatic carbocycles. The van der Waals surface area contributed by atoms with Gasteiger partial charge in [0, 0.05) is 17.0 Å². The molecular weight excluding hydrogens is 384 g/mol. The summed E-state index contributed by atoms with van der Waals surface area (Å²) in [6.45, 7) is 0.0908. The van der Waals surface area contributed by atoms with Gasteiger partial charge < -0.3 is 19.9 Å². The van der Waals surface area contributed by atoms with Crippen molar-refractivity contribution in [2.45, 2.75) is 18.1 Å². The highest BCUT2D eigenvalue weighted by molar-refractivity contribution is 6.30. The number of ether oxygens (including phenoxy) is 2. The Bertz CT molecular complexity index is 904. The van der Waals surface area contributed by atoms with E-state index in [0.717, 1.165) is 4.90 Å². The molecule has 0 aromatic heterocycles. The summed E-state index contributed by atoms with van der Waals surface area (Å²) in [6, 6.07) is 13.3. The van der Waals surface area contributed by atoms with Crippen LogP contribution in [0.1, 0.15) is 12.0 Å². The number of rotatable bonds is 5. The first kappa shape index (κ1) is 18.6. The number of imide groups is 1. The van der Waals surface area contributed by atoms with Gasteiger partial charge in [0.15, 0.2) is 5.54 Å². The van der Waals surface area contributed by atoms with E-state index < -0.39 is 23.6 Å². The number of hydrogen-bond donors (Lipinski definition) is 2. The summed E-state index contributed by atoms with van der Waals surface area (Å²) >= 11 is 5.82. The molecule has 2 aromatic rings. The van der Waals surface area contributed by atoms with Gasteiger partial charge in [-0.15, -0.1) is 0 Å². The Hall–Kier alpha value is -2.77. The van der Waals surface area contributed by atoms with Gasteiger partial charge in [-0.25, -0.2) is 4.79 Å². The number of amides is 3. The van der Waals surface area contributed by atoms with Crippen molar-refractivity contribution >= 4 is 23.5 Å². The molecule has 0 saturated carbocycles. The van der Waals surface area contributed by atoms with Gasteiger partial charge in [-0.1, -0.05) is 29.8 Å². The van der Waals surface area contributed by atoms with Crippen LogP contribution in [0.15, 0.2) is 48.5 Å². The Balaban J connectivity index is 1.45. The minimum Gasteiger partial charge on any atom is -0.493 e. The zero-order chi connectivity index (χ0) is 19.7. The summed E-state index contributed by atoms with van der Waals surface area (Å²) in [5.74, 6) is 0.727. The second-order valence-corrected chi connectivity index (χ2v) is 7.20. The molecule has 0 bridgehead atoms. The van der Waals surface area contributed by atoms with E-state index in [4.69, 9.17) is 21.1 Å². The highest BCUT2D eigenvalue weighted by Crippen LogP contribution is 2.40. The second kappa shape index (κ2) is 7.33. The highest BCUT2D eigenvalue weighted by atomic mass is 35.5. The maximum atomic E-state index is 13.1. The van der Waals surface area contributed by atoms with Gasteiger partial charge in [0.25, 0.3) is 5.91 Å². The van der Waals surface area contributed by atoms with Crippen molar-refractivity contribution in [1.82, 2.24) is 10.2 Å². The molecule has 1 fully saturated rings. The third kappa shape index (κ3) is 3.27. The fraction of sp³-hybridized carbons (Fsp3) is 0.300. The molecule has 1 spiro atoms. The Labute approximate surface area is 166 Å². The Morgan fingerprint density at radius 2 is 1.96 bits per heavy atom. The lowest BCUT2D eigenvalue weighted by Crippen LogP contribution is -2.48. The standard InChI is InChI=1S/C20H19ClN2O5/c21-13-5-7-15(8-6-13)28-12-14(24)11-23-18(25)20(22-19(23)26)9-10-27-17-4-2-1-3-16(17)20/h1-8,14,24H,9-12H2,(H,22,26)/t14-,20+/m0/s1. The normalized spacial score (nSPS) is 21.9. The molecule has 2 aliphatic heterocycles. The molecule has 2 atom stereocenters. The zero-order valence-corrected chi connectivity index (χ0v) is 15.7. The SMILES string of the molecule is O=C1N[C@@]2(CCOc3ccccc32)C(=O)N1C[C@H](O)COc1ccc(Cl)cc1. The number of nitrogens with zero attached hydrogens (tertiary/aromatic N) is 1. The molecule has 28 heavy (non-hydrogen) atoms. The van der Waals surface area contributed by atoms with E-state index in [1.54, 1.807) is 42.5 Å². The van der Waals surface area contributed by atoms with Crippen molar-refractivity contribution in [3.05, 3.63) is 59.1 Å². The third-order valence-electron chi connectivity index (χ3n) is 4.91. The van der Waals surface area contributed by atoms with Crippen LogP contribution >= 0.6 is 11.6 Å². The highest BCUT2D eigenvalue weighted by Gasteiger charge is 2.55. The average Bonchev–Trinajstić information content (AvgIpc) is 2.93. The minimum absolute atomic E-state index is 0.0641. The van der Waals surface area contributed by atoms with Crippen LogP contribution in [0.4, 0.5) is 4.79 Å². The monoisotopic (exact) mass is 402 g/mol. The maximum Gasteiger partial charge on any atom is 0.325 e. The van der Waals surface area contributed by atoms with Crippen LogP contribution in [-0.4, -0.2) is 47.8 Å². The number of urea groups is 1. The molecule has 4 rings (SSSR count). The Morgan fingerprint density at radius 1 is 1.21 bits per heavy atom. The van der Waals surface area contributed by atoms with Crippen LogP contribution in [0.2, 0.25) is 5.02 Å². The van der Waals surface area contributed by atoms with Gasteiger partial charge >= 0.3 is 6.03 Å². The van der Waals surface area contributed by atoms with Crippen LogP contribution < -0.4 is 14.8 Å². The molecule has 0 unspecified atom stereocenters. The Morgan fingerprint density at radius 3 is 2.75 bits per heavy atom. The first-order valence-corrected chi connectivity index (χ1v) is 9.30. The van der Waals surface area contributed by atoms with Crippen LogP contribution in [0, 0.1) is 0 Å². The first-order valence-electron chi connectivity index (χ1n) is 8.92. The number of carbonyl (C=O) groups excluding carboxylic acids is 2. The molecule has 8 heteroatoms. The van der Waals surface area contributed by atoms with Crippen molar-refractivity contribution in [3.8, 4) is 11.5 Å². The molecule has 3 amide bonds. The summed E-state index contributed by atoms with van der Waals surface area (Å²) in [5, 5.41) is 13.7. The van der Waals surface area contributed by atoms with Crippen LogP contribution in [-0.2, 0) is 10.3 Å². The van der Waals surface area contributed by atoms with Gasteiger partial charge in [-0.3, -0.25) is 9.69 Å². The van der Waals surface area contributed by atoms with Gasteiger partial charge in [0.05, 0.1) is 13.2 Å². The number of halogens is 1. The summed E-state index contributed by atoms with van der Waals surface area (Å²) in [7, 11) is 0. The fourth-order valence-electron chi connectivity index (χ4n) is 3.52. The number of nitrogens with one attached hydrogen (secondary N) is 1. The smallest absolute Gasteiger partial charge is 0.325 e. The number of aliphatic hydroxyl groups is 1. The third-order valence-corrected chi connectivity index (χ3v) is 5.16. The molecule has 0 radical (unpaired) electrons. The van der Waals surface area contributed by atoms with E-state index >= 15 is 0 Å². The molecular formula is C20H19ClN2O5. The van der Waals surface area contributed by atoms with Gasteiger partial charge in [-0.2, -0.15) is 0 Å². The number of β-amino-alcohol motifs (C(OH)–C–C–N with tert-alkyl or cyclic N) is 1. The summed E-state index contributed by atoms with van der Waals surface area (Å²) in [6.07, 6.45) is -0.696. The predicted octanol–water partition coefficient (Wildman–Crippen LogP) is 2.31. The van der Waals surface area contributed by atoms with E-state index in [2.05, 4.69) is 5.32 Å². The maximum absolute atomic E-state index is 13.1. The Kier molecular flexibility index (Phi) is 4.87. The predicted molar refractivity (Wildman–Crippen MR) is 101 cm³/mol. The molecule has 7 nitrogen and oxygen atoms in total. The van der Waals surface area contributed by atoms with Crippen LogP contribution in [0.5, 0.6) is 11.5 Å². The lowest BCUT2D eigenvalue weighted by atomic mass is 9.84. The van der Waals surface area contributed by atoms with Crippen molar-refractivity contribution in [2.75, 3.05) is 19.8 Å². The minimum atomic E-state index is -1.15. The van der Waals surface area contributed by atoms with Gasteiger partial charge in [0.1, 0.15) is 24.2 Å². The number of para-hydroxylation sites is 1. The summed E-state index contributed by atoms with van der Waals surface area (Å²) in [5.41, 5.74) is -0.517. The van der Waals surface area contributed by atoms with Crippen molar-refractivity contribution in [3.63, 3.8) is 0 Å². The lowest BCUT2D eigenvalue weighted by molar-refractivity contribution is -0.133. The molecule has 0 aliphatic carbocycles. The molecule has 2 aliphatic rings. The average molecular weight is 403 g/mol. The number of aliphatic hydroxyl groups excluding tert-OH is 1. The van der Waals surface area contributed by atoms with E-state index in [-0.39, 0.29) is 13.2 Å². The molecule has 2 heterocycles. The van der Waals surface area contributed by atoms with Crippen LogP contribution in [0.25, 0.3) is 0 Å². The topological polar surface area (TPSA) is 88.1 Å². The second-order valence-electron chi connectivity index (χ2n) is 6.76. The first-order chi connectivity index (χ1) is 13.5. The number of benzene rings is 2. The number of fused-ring (bicyclic) bond motifs is 2.